The van der Waals surface area contributed by atoms with E-state index >= 15 is 0 Å². The lowest BCUT2D eigenvalue weighted by Gasteiger charge is -2.04. The van der Waals surface area contributed by atoms with Crippen LogP contribution in [0.1, 0.15) is 17.0 Å². The molecule has 0 N–H and O–H groups in total. The molecule has 4 heteroatoms. The summed E-state index contributed by atoms with van der Waals surface area (Å²) in [7, 11) is 0. The van der Waals surface area contributed by atoms with Crippen molar-refractivity contribution in [3.05, 3.63) is 62.8 Å². The van der Waals surface area contributed by atoms with Gasteiger partial charge in [-0.3, -0.25) is 4.57 Å². The van der Waals surface area contributed by atoms with Crippen molar-refractivity contribution >= 4 is 23.3 Å². The fourth-order valence-electron chi connectivity index (χ4n) is 2.16. The van der Waals surface area contributed by atoms with Crippen molar-refractivity contribution in [2.24, 2.45) is 0 Å². The van der Waals surface area contributed by atoms with Crippen molar-refractivity contribution in [1.82, 2.24) is 9.55 Å². The average Bonchev–Trinajstić information content (AvgIpc) is 2.74. The molecule has 0 atom stereocenters. The van der Waals surface area contributed by atoms with Crippen LogP contribution in [0.3, 0.4) is 0 Å². The minimum absolute atomic E-state index is 0.190. The molecule has 18 heavy (non-hydrogen) atoms. The molecule has 1 aromatic heterocycles. The van der Waals surface area contributed by atoms with Crippen LogP contribution in [0.2, 0.25) is 5.02 Å². The molecule has 1 aliphatic rings. The van der Waals surface area contributed by atoms with Gasteiger partial charge in [0.15, 0.2) is 0 Å². The molecule has 1 aromatic carbocycles. The third-order valence-electron chi connectivity index (χ3n) is 3.04. The fraction of sp³-hybridized carbons (Fsp3) is 0.143. The van der Waals surface area contributed by atoms with Gasteiger partial charge in [0.2, 0.25) is 0 Å². The zero-order valence-electron chi connectivity index (χ0n) is 9.85. The van der Waals surface area contributed by atoms with Gasteiger partial charge in [-0.25, -0.2) is 4.79 Å². The van der Waals surface area contributed by atoms with Gasteiger partial charge in [-0.15, -0.1) is 0 Å². The molecule has 0 saturated heterocycles. The van der Waals surface area contributed by atoms with Crippen LogP contribution >= 0.6 is 11.6 Å². The van der Waals surface area contributed by atoms with E-state index in [1.807, 2.05) is 43.3 Å². The highest BCUT2D eigenvalue weighted by atomic mass is 35.5. The number of nitrogens with zero attached hydrogens (tertiary/aromatic N) is 2. The average molecular weight is 259 g/mol. The number of hydrogen-bond acceptors (Lipinski definition) is 2. The molecule has 90 valence electrons. The Morgan fingerprint density at radius 2 is 2.00 bits per heavy atom. The van der Waals surface area contributed by atoms with Crippen molar-refractivity contribution in [1.29, 1.82) is 0 Å². The van der Waals surface area contributed by atoms with E-state index in [9.17, 15) is 4.79 Å². The molecule has 0 radical (unpaired) electrons. The minimum atomic E-state index is -0.190. The lowest BCUT2D eigenvalue weighted by molar-refractivity contribution is 0.755. The first-order valence-corrected chi connectivity index (χ1v) is 6.06. The van der Waals surface area contributed by atoms with Crippen LogP contribution in [0.25, 0.3) is 11.6 Å². The summed E-state index contributed by atoms with van der Waals surface area (Å²) >= 11 is 5.87. The molecule has 2 heterocycles. The van der Waals surface area contributed by atoms with Gasteiger partial charge >= 0.3 is 5.69 Å². The monoisotopic (exact) mass is 258 g/mol. The molecule has 0 amide bonds. The Morgan fingerprint density at radius 3 is 2.72 bits per heavy atom. The number of aromatic nitrogens is 2. The number of fused-ring (bicyclic) bond motifs is 1. The Bertz CT molecular complexity index is 699. The van der Waals surface area contributed by atoms with E-state index in [1.165, 1.54) is 0 Å². The predicted octanol–water partition coefficient (Wildman–Crippen LogP) is 2.76. The van der Waals surface area contributed by atoms with E-state index in [0.717, 1.165) is 22.5 Å². The Labute approximate surface area is 109 Å². The SMILES string of the molecule is Cc1cc2n(c(=O)n1)CC(c1ccc(Cl)cc1)=C2. The third-order valence-corrected chi connectivity index (χ3v) is 3.29. The quantitative estimate of drug-likeness (QED) is 0.788. The summed E-state index contributed by atoms with van der Waals surface area (Å²) in [5, 5.41) is 0.713. The van der Waals surface area contributed by atoms with Crippen LogP contribution in [0, 0.1) is 6.92 Å². The van der Waals surface area contributed by atoms with Gasteiger partial charge in [-0.05, 0) is 42.3 Å². The summed E-state index contributed by atoms with van der Waals surface area (Å²) in [5.41, 5.74) is 3.67. The summed E-state index contributed by atoms with van der Waals surface area (Å²) < 4.78 is 1.68. The molecule has 0 fully saturated rings. The molecule has 1 aliphatic heterocycles. The van der Waals surface area contributed by atoms with Crippen molar-refractivity contribution in [3.63, 3.8) is 0 Å². The second-order valence-corrected chi connectivity index (χ2v) is 4.80. The minimum Gasteiger partial charge on any atom is -0.288 e. The second-order valence-electron chi connectivity index (χ2n) is 4.37. The van der Waals surface area contributed by atoms with E-state index < -0.39 is 0 Å². The number of benzene rings is 1. The van der Waals surface area contributed by atoms with Gasteiger partial charge < -0.3 is 0 Å². The highest BCUT2D eigenvalue weighted by Gasteiger charge is 2.15. The zero-order valence-corrected chi connectivity index (χ0v) is 10.6. The number of aryl methyl sites for hydroxylation is 1. The molecule has 0 bridgehead atoms. The summed E-state index contributed by atoms with van der Waals surface area (Å²) in [6, 6.07) is 9.56. The van der Waals surface area contributed by atoms with Crippen LogP contribution in [0.15, 0.2) is 35.1 Å². The summed E-state index contributed by atoms with van der Waals surface area (Å²) in [5.74, 6) is 0. The largest absolute Gasteiger partial charge is 0.348 e. The maximum atomic E-state index is 11.8. The summed E-state index contributed by atoms with van der Waals surface area (Å²) in [6.45, 7) is 2.40. The Hall–Kier alpha value is -1.87. The molecular formula is C14H11ClN2O. The number of allylic oxidation sites excluding steroid dienone is 1. The highest BCUT2D eigenvalue weighted by molar-refractivity contribution is 6.30. The van der Waals surface area contributed by atoms with E-state index in [1.54, 1.807) is 4.57 Å². The number of hydrogen-bond donors (Lipinski definition) is 0. The summed E-state index contributed by atoms with van der Waals surface area (Å²) in [6.07, 6.45) is 2.03. The summed E-state index contributed by atoms with van der Waals surface area (Å²) in [4.78, 5) is 15.7. The van der Waals surface area contributed by atoms with Crippen molar-refractivity contribution < 1.29 is 0 Å². The van der Waals surface area contributed by atoms with Crippen LogP contribution in [0.4, 0.5) is 0 Å². The smallest absolute Gasteiger partial charge is 0.288 e. The van der Waals surface area contributed by atoms with Crippen LogP contribution in [0.5, 0.6) is 0 Å². The van der Waals surface area contributed by atoms with Gasteiger partial charge in [-0.1, -0.05) is 23.7 Å². The first-order valence-electron chi connectivity index (χ1n) is 5.68. The van der Waals surface area contributed by atoms with Crippen molar-refractivity contribution in [3.8, 4) is 0 Å². The van der Waals surface area contributed by atoms with Gasteiger partial charge in [0, 0.05) is 16.4 Å². The van der Waals surface area contributed by atoms with Gasteiger partial charge in [0.05, 0.1) is 6.54 Å². The fourth-order valence-corrected chi connectivity index (χ4v) is 2.28. The van der Waals surface area contributed by atoms with Gasteiger partial charge in [0.1, 0.15) is 0 Å². The molecule has 3 rings (SSSR count). The number of halogens is 1. The van der Waals surface area contributed by atoms with Gasteiger partial charge in [0.25, 0.3) is 0 Å². The maximum Gasteiger partial charge on any atom is 0.348 e. The standard InChI is InChI=1S/C14H11ClN2O/c1-9-6-13-7-11(8-17(13)14(18)16-9)10-2-4-12(15)5-3-10/h2-7H,8H2,1H3. The topological polar surface area (TPSA) is 34.9 Å². The van der Waals surface area contributed by atoms with E-state index in [4.69, 9.17) is 11.6 Å². The molecule has 2 aromatic rings. The van der Waals surface area contributed by atoms with Crippen molar-refractivity contribution in [2.75, 3.05) is 0 Å². The first kappa shape index (κ1) is 11.2. The van der Waals surface area contributed by atoms with Crippen LogP contribution < -0.4 is 5.69 Å². The molecule has 3 nitrogen and oxygen atoms in total. The molecule has 0 spiro atoms. The maximum absolute atomic E-state index is 11.8. The Balaban J connectivity index is 2.05. The zero-order chi connectivity index (χ0) is 12.7. The molecule has 0 unspecified atom stereocenters. The lowest BCUT2D eigenvalue weighted by Crippen LogP contribution is -2.23. The molecule has 0 saturated carbocycles. The van der Waals surface area contributed by atoms with Crippen LogP contribution in [-0.2, 0) is 6.54 Å². The Morgan fingerprint density at radius 1 is 1.28 bits per heavy atom. The first-order chi connectivity index (χ1) is 8.63. The van der Waals surface area contributed by atoms with Crippen molar-refractivity contribution in [2.45, 2.75) is 13.5 Å². The Kier molecular flexibility index (Phi) is 2.56. The molecule has 0 aliphatic carbocycles. The molecular weight excluding hydrogens is 248 g/mol. The normalized spacial score (nSPS) is 13.3. The lowest BCUT2D eigenvalue weighted by atomic mass is 10.1. The second kappa shape index (κ2) is 4.10. The van der Waals surface area contributed by atoms with Gasteiger partial charge in [-0.2, -0.15) is 4.98 Å². The predicted molar refractivity (Wildman–Crippen MR) is 72.6 cm³/mol. The van der Waals surface area contributed by atoms with E-state index in [-0.39, 0.29) is 5.69 Å². The van der Waals surface area contributed by atoms with Crippen LogP contribution in [-0.4, -0.2) is 9.55 Å². The third kappa shape index (κ3) is 1.87. The number of rotatable bonds is 1. The highest BCUT2D eigenvalue weighted by Crippen LogP contribution is 2.26. The van der Waals surface area contributed by atoms with E-state index in [0.29, 0.717) is 11.6 Å². The van der Waals surface area contributed by atoms with E-state index in [2.05, 4.69) is 4.98 Å².